The van der Waals surface area contributed by atoms with Crippen LogP contribution < -0.4 is 10.6 Å². The molecule has 1 unspecified atom stereocenters. The van der Waals surface area contributed by atoms with Gasteiger partial charge >= 0.3 is 12.0 Å². The van der Waals surface area contributed by atoms with E-state index in [-0.39, 0.29) is 13.0 Å². The van der Waals surface area contributed by atoms with Gasteiger partial charge in [0.2, 0.25) is 0 Å². The second-order valence-corrected chi connectivity index (χ2v) is 5.52. The third-order valence-corrected chi connectivity index (χ3v) is 4.18. The summed E-state index contributed by atoms with van der Waals surface area (Å²) >= 11 is 1.56. The summed E-state index contributed by atoms with van der Waals surface area (Å²) in [5, 5.41) is 16.3. The number of aryl methyl sites for hydroxylation is 1. The Morgan fingerprint density at radius 2 is 2.37 bits per heavy atom. The predicted octanol–water partition coefficient (Wildman–Crippen LogP) is 1.10. The Balaban J connectivity index is 1.90. The monoisotopic (exact) mass is 284 g/mol. The molecule has 0 aliphatic carbocycles. The number of hydrogen-bond donors (Lipinski definition) is 3. The quantitative estimate of drug-likeness (QED) is 0.772. The molecule has 2 rings (SSSR count). The van der Waals surface area contributed by atoms with Crippen LogP contribution in [-0.4, -0.2) is 35.9 Å². The summed E-state index contributed by atoms with van der Waals surface area (Å²) in [6.45, 7) is 2.71. The summed E-state index contributed by atoms with van der Waals surface area (Å²) in [4.78, 5) is 24.1. The number of amides is 2. The molecule has 1 aromatic heterocycles. The first-order chi connectivity index (χ1) is 9.03. The van der Waals surface area contributed by atoms with E-state index < -0.39 is 17.5 Å². The highest BCUT2D eigenvalue weighted by Gasteiger charge is 2.43. The number of hydrogen-bond acceptors (Lipinski definition) is 4. The fourth-order valence-corrected chi connectivity index (χ4v) is 2.74. The molecule has 19 heavy (non-hydrogen) atoms. The molecule has 1 atom stereocenters. The van der Waals surface area contributed by atoms with Gasteiger partial charge in [-0.05, 0) is 23.9 Å². The minimum absolute atomic E-state index is 0.00772. The van der Waals surface area contributed by atoms with E-state index in [0.29, 0.717) is 13.2 Å². The second-order valence-electron chi connectivity index (χ2n) is 4.52. The molecule has 7 heteroatoms. The second kappa shape index (κ2) is 5.58. The zero-order chi connectivity index (χ0) is 13.9. The average Bonchev–Trinajstić information content (AvgIpc) is 2.97. The first kappa shape index (κ1) is 13.8. The van der Waals surface area contributed by atoms with Crippen LogP contribution in [0.2, 0.25) is 0 Å². The lowest BCUT2D eigenvalue weighted by Crippen LogP contribution is -2.57. The van der Waals surface area contributed by atoms with Crippen molar-refractivity contribution in [3.63, 3.8) is 0 Å². The van der Waals surface area contributed by atoms with Crippen molar-refractivity contribution in [2.45, 2.75) is 25.4 Å². The van der Waals surface area contributed by atoms with E-state index >= 15 is 0 Å². The lowest BCUT2D eigenvalue weighted by Gasteiger charge is -2.23. The summed E-state index contributed by atoms with van der Waals surface area (Å²) in [6.07, 6.45) is 0.285. The number of carbonyl (C=O) groups excluding carboxylic acids is 1. The molecule has 0 aromatic carbocycles. The number of carboxylic acids is 1. The number of carboxylic acid groups (broad SMARTS) is 1. The Bertz CT molecular complexity index is 480. The largest absolute Gasteiger partial charge is 0.479 e. The topological polar surface area (TPSA) is 87.7 Å². The molecule has 1 aromatic rings. The Morgan fingerprint density at radius 3 is 2.89 bits per heavy atom. The Labute approximate surface area is 114 Å². The number of urea groups is 1. The minimum Gasteiger partial charge on any atom is -0.479 e. The Hall–Kier alpha value is -1.60. The number of aliphatic carboxylic acids is 1. The van der Waals surface area contributed by atoms with Crippen LogP contribution in [0.5, 0.6) is 0 Å². The highest BCUT2D eigenvalue weighted by atomic mass is 32.1. The highest BCUT2D eigenvalue weighted by molar-refractivity contribution is 7.10. The summed E-state index contributed by atoms with van der Waals surface area (Å²) < 4.78 is 5.07. The van der Waals surface area contributed by atoms with Gasteiger partial charge in [0, 0.05) is 17.9 Å². The molecule has 1 saturated heterocycles. The van der Waals surface area contributed by atoms with E-state index in [2.05, 4.69) is 10.6 Å². The molecular weight excluding hydrogens is 268 g/mol. The van der Waals surface area contributed by atoms with E-state index in [9.17, 15) is 14.7 Å². The fraction of sp³-hybridized carbons (Fsp3) is 0.500. The number of nitrogens with one attached hydrogen (secondary N) is 2. The van der Waals surface area contributed by atoms with Gasteiger partial charge in [-0.3, -0.25) is 0 Å². The minimum atomic E-state index is -1.30. The van der Waals surface area contributed by atoms with Gasteiger partial charge in [0.1, 0.15) is 0 Å². The van der Waals surface area contributed by atoms with Gasteiger partial charge in [0.25, 0.3) is 0 Å². The number of thiophene rings is 1. The number of ether oxygens (including phenoxy) is 1. The standard InChI is InChI=1S/C12H16N2O4S/c1-8-2-5-19-9(8)6-13-11(17)14-12(10(15)16)3-4-18-7-12/h2,5H,3-4,6-7H2,1H3,(H,15,16)(H2,13,14,17). The molecule has 104 valence electrons. The fourth-order valence-electron chi connectivity index (χ4n) is 1.89. The van der Waals surface area contributed by atoms with Gasteiger partial charge in [-0.25, -0.2) is 9.59 Å². The molecule has 2 amide bonds. The van der Waals surface area contributed by atoms with Crippen molar-refractivity contribution in [1.29, 1.82) is 0 Å². The van der Waals surface area contributed by atoms with Crippen molar-refractivity contribution < 1.29 is 19.4 Å². The van der Waals surface area contributed by atoms with Gasteiger partial charge in [0.15, 0.2) is 5.54 Å². The van der Waals surface area contributed by atoms with Crippen LogP contribution in [0.3, 0.4) is 0 Å². The van der Waals surface area contributed by atoms with Gasteiger partial charge in [0.05, 0.1) is 13.2 Å². The van der Waals surface area contributed by atoms with Crippen LogP contribution in [0.15, 0.2) is 11.4 Å². The van der Waals surface area contributed by atoms with E-state index in [1.54, 1.807) is 11.3 Å². The van der Waals surface area contributed by atoms with Crippen molar-refractivity contribution >= 4 is 23.3 Å². The summed E-state index contributed by atoms with van der Waals surface area (Å²) in [5.74, 6) is -1.06. The maximum atomic E-state index is 11.8. The van der Waals surface area contributed by atoms with E-state index in [1.807, 2.05) is 18.4 Å². The smallest absolute Gasteiger partial charge is 0.332 e. The molecule has 2 heterocycles. The molecule has 1 aliphatic heterocycles. The van der Waals surface area contributed by atoms with Crippen LogP contribution in [0.25, 0.3) is 0 Å². The maximum Gasteiger partial charge on any atom is 0.332 e. The van der Waals surface area contributed by atoms with Crippen LogP contribution in [-0.2, 0) is 16.1 Å². The van der Waals surface area contributed by atoms with Crippen LogP contribution in [0, 0.1) is 6.92 Å². The molecule has 0 radical (unpaired) electrons. The van der Waals surface area contributed by atoms with Crippen molar-refractivity contribution in [2.75, 3.05) is 13.2 Å². The Kier molecular flexibility index (Phi) is 4.06. The predicted molar refractivity (Wildman–Crippen MR) is 70.2 cm³/mol. The zero-order valence-corrected chi connectivity index (χ0v) is 11.4. The molecule has 0 bridgehead atoms. The molecule has 0 saturated carbocycles. The van der Waals surface area contributed by atoms with Gasteiger partial charge in [-0.2, -0.15) is 0 Å². The van der Waals surface area contributed by atoms with E-state index in [1.165, 1.54) is 0 Å². The average molecular weight is 284 g/mol. The first-order valence-corrected chi connectivity index (χ1v) is 6.81. The lowest BCUT2D eigenvalue weighted by molar-refractivity contribution is -0.144. The van der Waals surface area contributed by atoms with Gasteiger partial charge < -0.3 is 20.5 Å². The van der Waals surface area contributed by atoms with Crippen molar-refractivity contribution in [2.24, 2.45) is 0 Å². The van der Waals surface area contributed by atoms with Crippen LogP contribution >= 0.6 is 11.3 Å². The molecule has 1 fully saturated rings. The third kappa shape index (κ3) is 3.05. The molecule has 1 aliphatic rings. The summed E-state index contributed by atoms with van der Waals surface area (Å²) in [6, 6.07) is 1.49. The van der Waals surface area contributed by atoms with Crippen LogP contribution in [0.4, 0.5) is 4.79 Å². The third-order valence-electron chi connectivity index (χ3n) is 3.16. The number of carbonyl (C=O) groups is 2. The molecule has 0 spiro atoms. The Morgan fingerprint density at radius 1 is 1.58 bits per heavy atom. The molecular formula is C12H16N2O4S. The highest BCUT2D eigenvalue weighted by Crippen LogP contribution is 2.19. The lowest BCUT2D eigenvalue weighted by atomic mass is 9.99. The first-order valence-electron chi connectivity index (χ1n) is 5.94. The molecule has 6 nitrogen and oxygen atoms in total. The van der Waals surface area contributed by atoms with Gasteiger partial charge in [-0.15, -0.1) is 11.3 Å². The summed E-state index contributed by atoms with van der Waals surface area (Å²) in [5.41, 5.74) is -0.184. The zero-order valence-electron chi connectivity index (χ0n) is 10.6. The van der Waals surface area contributed by atoms with Crippen molar-refractivity contribution in [3.8, 4) is 0 Å². The van der Waals surface area contributed by atoms with Crippen molar-refractivity contribution in [3.05, 3.63) is 21.9 Å². The SMILES string of the molecule is Cc1ccsc1CNC(=O)NC1(C(=O)O)CCOC1. The maximum absolute atomic E-state index is 11.8. The van der Waals surface area contributed by atoms with Gasteiger partial charge in [-0.1, -0.05) is 0 Å². The normalized spacial score (nSPS) is 22.2. The van der Waals surface area contributed by atoms with E-state index in [0.717, 1.165) is 10.4 Å². The number of rotatable bonds is 4. The van der Waals surface area contributed by atoms with Crippen molar-refractivity contribution in [1.82, 2.24) is 10.6 Å². The van der Waals surface area contributed by atoms with E-state index in [4.69, 9.17) is 4.74 Å². The molecule has 3 N–H and O–H groups in total. The van der Waals surface area contributed by atoms with Crippen LogP contribution in [0.1, 0.15) is 16.9 Å². The summed E-state index contributed by atoms with van der Waals surface area (Å²) in [7, 11) is 0.